The van der Waals surface area contributed by atoms with Gasteiger partial charge in [-0.2, -0.15) is 5.10 Å². The van der Waals surface area contributed by atoms with Crippen molar-refractivity contribution in [1.29, 1.82) is 0 Å². The number of aromatic amines is 1. The van der Waals surface area contributed by atoms with Crippen LogP contribution in [0, 0.1) is 17.5 Å². The molecular formula is C27H26F3N3O4. The molecule has 2 aliphatic rings. The summed E-state index contributed by atoms with van der Waals surface area (Å²) in [5, 5.41) is 17.3. The van der Waals surface area contributed by atoms with Crippen molar-refractivity contribution >= 4 is 27.8 Å². The van der Waals surface area contributed by atoms with E-state index in [1.807, 2.05) is 4.57 Å². The summed E-state index contributed by atoms with van der Waals surface area (Å²) in [6, 6.07) is 5.48. The molecule has 2 N–H and O–H groups in total. The lowest BCUT2D eigenvalue weighted by Gasteiger charge is -2.35. The predicted molar refractivity (Wildman–Crippen MR) is 130 cm³/mol. The molecule has 0 bridgehead atoms. The molecule has 37 heavy (non-hydrogen) atoms. The molecule has 4 heterocycles. The quantitative estimate of drug-likeness (QED) is 0.373. The number of aliphatic carboxylic acids is 1. The molecule has 0 amide bonds. The molecule has 7 nitrogen and oxygen atoms in total. The second kappa shape index (κ2) is 8.88. The van der Waals surface area contributed by atoms with Crippen LogP contribution in [0.2, 0.25) is 0 Å². The fraction of sp³-hybridized carbons (Fsp3) is 0.407. The summed E-state index contributed by atoms with van der Waals surface area (Å²) in [5.74, 6) is -3.82. The van der Waals surface area contributed by atoms with Crippen LogP contribution >= 0.6 is 0 Å². The van der Waals surface area contributed by atoms with Crippen molar-refractivity contribution in [2.45, 2.75) is 50.0 Å². The number of H-pyrrole nitrogens is 1. The van der Waals surface area contributed by atoms with Gasteiger partial charge in [0.2, 0.25) is 0 Å². The first-order valence-electron chi connectivity index (χ1n) is 12.4. The number of carbonyl (C=O) groups is 1. The van der Waals surface area contributed by atoms with Crippen LogP contribution in [-0.2, 0) is 14.3 Å². The highest BCUT2D eigenvalue weighted by atomic mass is 19.2. The smallest absolute Gasteiger partial charge is 0.335 e. The SMILES string of the molecule is C[C@@]1(C(=O)O)CC[C@@H](c2c(C3CCOCC3)n(-c3ccc(F)c(F)c3)c3cc4cn[nH]c4c(F)c23)CO1. The average molecular weight is 514 g/mol. The Hall–Kier alpha value is -3.37. The molecule has 0 spiro atoms. The van der Waals surface area contributed by atoms with E-state index in [-0.39, 0.29) is 30.4 Å². The third kappa shape index (κ3) is 3.81. The van der Waals surface area contributed by atoms with Gasteiger partial charge in [-0.3, -0.25) is 5.10 Å². The van der Waals surface area contributed by atoms with Gasteiger partial charge in [0.1, 0.15) is 5.52 Å². The van der Waals surface area contributed by atoms with Crippen molar-refractivity contribution in [2.75, 3.05) is 19.8 Å². The third-order valence-corrected chi connectivity index (χ3v) is 7.89. The number of halogens is 3. The van der Waals surface area contributed by atoms with Crippen molar-refractivity contribution in [3.63, 3.8) is 0 Å². The molecule has 2 fully saturated rings. The highest BCUT2D eigenvalue weighted by Gasteiger charge is 2.42. The van der Waals surface area contributed by atoms with Gasteiger partial charge >= 0.3 is 5.97 Å². The van der Waals surface area contributed by atoms with Gasteiger partial charge in [-0.25, -0.2) is 18.0 Å². The molecule has 194 valence electrons. The molecule has 0 saturated carbocycles. The van der Waals surface area contributed by atoms with E-state index in [1.54, 1.807) is 13.0 Å². The van der Waals surface area contributed by atoms with Crippen molar-refractivity contribution in [1.82, 2.24) is 14.8 Å². The molecule has 6 rings (SSSR count). The first-order chi connectivity index (χ1) is 17.8. The normalized spacial score (nSPS) is 23.2. The molecule has 2 aromatic heterocycles. The minimum atomic E-state index is -1.32. The second-order valence-electron chi connectivity index (χ2n) is 10.1. The van der Waals surface area contributed by atoms with Gasteiger partial charge in [0, 0.05) is 53.3 Å². The zero-order chi connectivity index (χ0) is 25.9. The van der Waals surface area contributed by atoms with E-state index in [2.05, 4.69) is 10.2 Å². The monoisotopic (exact) mass is 513 g/mol. The number of benzene rings is 2. The van der Waals surface area contributed by atoms with Crippen molar-refractivity contribution in [3.8, 4) is 5.69 Å². The summed E-state index contributed by atoms with van der Waals surface area (Å²) < 4.78 is 57.9. The van der Waals surface area contributed by atoms with Crippen LogP contribution in [0.4, 0.5) is 13.2 Å². The highest BCUT2D eigenvalue weighted by Crippen LogP contribution is 2.47. The fourth-order valence-corrected chi connectivity index (χ4v) is 5.82. The Kier molecular flexibility index (Phi) is 5.76. The van der Waals surface area contributed by atoms with Crippen LogP contribution in [-0.4, -0.2) is 51.3 Å². The minimum Gasteiger partial charge on any atom is -0.479 e. The third-order valence-electron chi connectivity index (χ3n) is 7.89. The lowest BCUT2D eigenvalue weighted by molar-refractivity contribution is -0.170. The number of nitrogens with zero attached hydrogens (tertiary/aromatic N) is 2. The van der Waals surface area contributed by atoms with Crippen LogP contribution in [0.5, 0.6) is 0 Å². The second-order valence-corrected chi connectivity index (χ2v) is 10.1. The number of rotatable bonds is 4. The van der Waals surface area contributed by atoms with Crippen LogP contribution in [0.3, 0.4) is 0 Å². The zero-order valence-corrected chi connectivity index (χ0v) is 20.2. The molecule has 2 aliphatic heterocycles. The van der Waals surface area contributed by atoms with Crippen LogP contribution in [0.15, 0.2) is 30.5 Å². The van der Waals surface area contributed by atoms with Gasteiger partial charge in [-0.1, -0.05) is 0 Å². The van der Waals surface area contributed by atoms with Gasteiger partial charge in [-0.05, 0) is 56.4 Å². The number of hydrogen-bond acceptors (Lipinski definition) is 4. The Labute approximate surface area is 210 Å². The average Bonchev–Trinajstić information content (AvgIpc) is 3.50. The number of carboxylic acids is 1. The summed E-state index contributed by atoms with van der Waals surface area (Å²) >= 11 is 0. The Bertz CT molecular complexity index is 1510. The maximum absolute atomic E-state index is 16.2. The largest absolute Gasteiger partial charge is 0.479 e. The molecule has 2 aromatic carbocycles. The fourth-order valence-electron chi connectivity index (χ4n) is 5.82. The molecule has 10 heteroatoms. The summed E-state index contributed by atoms with van der Waals surface area (Å²) in [6.45, 7) is 2.68. The maximum Gasteiger partial charge on any atom is 0.335 e. The van der Waals surface area contributed by atoms with E-state index < -0.39 is 29.0 Å². The lowest BCUT2D eigenvalue weighted by atomic mass is 9.81. The molecule has 4 aromatic rings. The number of hydrogen-bond donors (Lipinski definition) is 2. The summed E-state index contributed by atoms with van der Waals surface area (Å²) in [5.41, 5.74) is 1.35. The van der Waals surface area contributed by atoms with Crippen molar-refractivity contribution in [2.24, 2.45) is 0 Å². The Balaban J connectivity index is 1.65. The van der Waals surface area contributed by atoms with Crippen molar-refractivity contribution < 1.29 is 32.5 Å². The van der Waals surface area contributed by atoms with Gasteiger partial charge in [-0.15, -0.1) is 0 Å². The van der Waals surface area contributed by atoms with E-state index in [0.717, 1.165) is 17.8 Å². The van der Waals surface area contributed by atoms with E-state index in [0.29, 0.717) is 60.0 Å². The van der Waals surface area contributed by atoms with Gasteiger partial charge < -0.3 is 19.1 Å². The number of ether oxygens (including phenoxy) is 2. The van der Waals surface area contributed by atoms with E-state index in [1.165, 1.54) is 12.3 Å². The van der Waals surface area contributed by atoms with Crippen LogP contribution in [0.25, 0.3) is 27.5 Å². The molecule has 0 aliphatic carbocycles. The number of nitrogens with one attached hydrogen (secondary N) is 1. The zero-order valence-electron chi connectivity index (χ0n) is 20.2. The molecule has 2 saturated heterocycles. The van der Waals surface area contributed by atoms with E-state index >= 15 is 4.39 Å². The topological polar surface area (TPSA) is 89.4 Å². The Morgan fingerprint density at radius 2 is 1.92 bits per heavy atom. The predicted octanol–water partition coefficient (Wildman–Crippen LogP) is 5.56. The maximum atomic E-state index is 16.2. The standard InChI is InChI=1S/C27H26F3N3O4/c1-27(26(34)35)7-4-15(13-37-27)21-22-20(10-16-12-31-32-24(16)23(22)30)33(17-2-3-18(28)19(29)11-17)25(21)14-5-8-36-9-6-14/h2-3,10-12,14-15H,4-9,13H2,1H3,(H,31,32)(H,34,35)/t15-,27+/m1/s1. The number of aromatic nitrogens is 3. The molecule has 0 radical (unpaired) electrons. The van der Waals surface area contributed by atoms with Crippen LogP contribution < -0.4 is 0 Å². The van der Waals surface area contributed by atoms with Gasteiger partial charge in [0.05, 0.1) is 18.3 Å². The summed E-state index contributed by atoms with van der Waals surface area (Å²) in [7, 11) is 0. The first-order valence-corrected chi connectivity index (χ1v) is 12.4. The van der Waals surface area contributed by atoms with Crippen LogP contribution in [0.1, 0.15) is 55.7 Å². The highest BCUT2D eigenvalue weighted by molar-refractivity contribution is 6.00. The Morgan fingerprint density at radius 1 is 1.14 bits per heavy atom. The summed E-state index contributed by atoms with van der Waals surface area (Å²) in [4.78, 5) is 11.8. The van der Waals surface area contributed by atoms with E-state index in [9.17, 15) is 18.7 Å². The number of carboxylic acid groups (broad SMARTS) is 1. The molecule has 2 atom stereocenters. The molecular weight excluding hydrogens is 487 g/mol. The first kappa shape index (κ1) is 24.0. The van der Waals surface area contributed by atoms with Gasteiger partial charge in [0.25, 0.3) is 0 Å². The summed E-state index contributed by atoms with van der Waals surface area (Å²) in [6.07, 6.45) is 3.60. The van der Waals surface area contributed by atoms with Gasteiger partial charge in [0.15, 0.2) is 23.1 Å². The molecule has 0 unspecified atom stereocenters. The number of fused-ring (bicyclic) bond motifs is 2. The Morgan fingerprint density at radius 3 is 2.59 bits per heavy atom. The minimum absolute atomic E-state index is 0.0343. The van der Waals surface area contributed by atoms with E-state index in [4.69, 9.17) is 9.47 Å². The van der Waals surface area contributed by atoms with Crippen molar-refractivity contribution in [3.05, 3.63) is 59.2 Å². The lowest BCUT2D eigenvalue weighted by Crippen LogP contribution is -2.43.